The molecule has 0 aromatic carbocycles. The Morgan fingerprint density at radius 1 is 1.43 bits per heavy atom. The predicted molar refractivity (Wildman–Crippen MR) is 62.3 cm³/mol. The van der Waals surface area contributed by atoms with E-state index < -0.39 is 0 Å². The van der Waals surface area contributed by atoms with Crippen LogP contribution in [0, 0.1) is 5.41 Å². The third-order valence-corrected chi connectivity index (χ3v) is 2.02. The number of rotatable bonds is 1. The number of hydrogen-bond acceptors (Lipinski definition) is 2. The fourth-order valence-electron chi connectivity index (χ4n) is 1.21. The van der Waals surface area contributed by atoms with E-state index in [0.29, 0.717) is 0 Å². The van der Waals surface area contributed by atoms with Gasteiger partial charge in [0.2, 0.25) is 0 Å². The van der Waals surface area contributed by atoms with Crippen LogP contribution in [0.25, 0.3) is 0 Å². The molecule has 0 aromatic heterocycles. The third kappa shape index (κ3) is 3.60. The van der Waals surface area contributed by atoms with Gasteiger partial charge in [-0.05, 0) is 19.2 Å². The molecule has 1 rings (SSSR count). The van der Waals surface area contributed by atoms with E-state index in [0.717, 1.165) is 12.2 Å². The van der Waals surface area contributed by atoms with Crippen molar-refractivity contribution in [3.05, 3.63) is 36.2 Å². The first-order chi connectivity index (χ1) is 6.64. The highest BCUT2D eigenvalue weighted by molar-refractivity contribution is 5.55. The van der Waals surface area contributed by atoms with Gasteiger partial charge >= 0.3 is 0 Å². The van der Waals surface area contributed by atoms with Gasteiger partial charge in [-0.25, -0.2) is 0 Å². The van der Waals surface area contributed by atoms with Gasteiger partial charge in [-0.2, -0.15) is 0 Å². The Hall–Kier alpha value is -1.31. The van der Waals surface area contributed by atoms with Gasteiger partial charge in [0.25, 0.3) is 0 Å². The summed E-state index contributed by atoms with van der Waals surface area (Å²) < 4.78 is 0. The van der Waals surface area contributed by atoms with Crippen molar-refractivity contribution in [2.45, 2.75) is 20.8 Å². The average Bonchev–Trinajstić information content (AvgIpc) is 2.18. The number of nitrogens with one attached hydrogen (secondary N) is 1. The number of hydrogen-bond donors (Lipinski definition) is 1. The molecule has 14 heavy (non-hydrogen) atoms. The molecule has 0 aromatic rings. The van der Waals surface area contributed by atoms with Crippen molar-refractivity contribution in [2.24, 2.45) is 10.4 Å². The van der Waals surface area contributed by atoms with E-state index in [-0.39, 0.29) is 5.41 Å². The van der Waals surface area contributed by atoms with Crippen LogP contribution in [0.15, 0.2) is 41.2 Å². The quantitative estimate of drug-likeness (QED) is 0.632. The first-order valence-corrected chi connectivity index (χ1v) is 4.92. The minimum atomic E-state index is 0.106. The highest BCUT2D eigenvalue weighted by Crippen LogP contribution is 2.19. The molecule has 1 N–H and O–H groups in total. The van der Waals surface area contributed by atoms with Gasteiger partial charge in [0.1, 0.15) is 0 Å². The summed E-state index contributed by atoms with van der Waals surface area (Å²) in [6.45, 7) is 7.05. The van der Waals surface area contributed by atoms with Crippen LogP contribution in [0.4, 0.5) is 0 Å². The molecule has 0 bridgehead atoms. The molecule has 0 unspecified atom stereocenters. The molecule has 2 heteroatoms. The zero-order valence-electron chi connectivity index (χ0n) is 9.12. The zero-order chi connectivity index (χ0) is 10.4. The van der Waals surface area contributed by atoms with Crippen LogP contribution in [0.2, 0.25) is 0 Å². The van der Waals surface area contributed by atoms with Crippen molar-refractivity contribution in [2.75, 3.05) is 6.54 Å². The molecule has 76 valence electrons. The Kier molecular flexibility index (Phi) is 3.69. The van der Waals surface area contributed by atoms with E-state index in [1.807, 2.05) is 25.4 Å². The molecule has 2 nitrogen and oxygen atoms in total. The highest BCUT2D eigenvalue weighted by atomic mass is 14.9. The average molecular weight is 190 g/mol. The van der Waals surface area contributed by atoms with Crippen molar-refractivity contribution < 1.29 is 0 Å². The third-order valence-electron chi connectivity index (χ3n) is 2.02. The lowest BCUT2D eigenvalue weighted by Crippen LogP contribution is -2.10. The van der Waals surface area contributed by atoms with Gasteiger partial charge in [0.05, 0.1) is 12.2 Å². The second-order valence-electron chi connectivity index (χ2n) is 3.94. The van der Waals surface area contributed by atoms with Gasteiger partial charge < -0.3 is 5.32 Å². The summed E-state index contributed by atoms with van der Waals surface area (Å²) in [6, 6.07) is 0. The first-order valence-electron chi connectivity index (χ1n) is 4.92. The summed E-state index contributed by atoms with van der Waals surface area (Å²) in [5.41, 5.74) is 1.15. The van der Waals surface area contributed by atoms with Crippen molar-refractivity contribution >= 4 is 6.21 Å². The molecular formula is C12H18N2. The molecule has 0 fully saturated rings. The fraction of sp³-hybridized carbons (Fsp3) is 0.417. The van der Waals surface area contributed by atoms with Crippen molar-refractivity contribution in [1.29, 1.82) is 0 Å². The molecule has 1 aliphatic rings. The maximum Gasteiger partial charge on any atom is 0.0590 e. The lowest BCUT2D eigenvalue weighted by molar-refractivity contribution is 0.621. The van der Waals surface area contributed by atoms with Crippen molar-refractivity contribution in [3.8, 4) is 0 Å². The van der Waals surface area contributed by atoms with Crippen LogP contribution in [-0.4, -0.2) is 12.8 Å². The summed E-state index contributed by atoms with van der Waals surface area (Å²) in [4.78, 5) is 4.26. The predicted octanol–water partition coefficient (Wildman–Crippen LogP) is 2.66. The van der Waals surface area contributed by atoms with E-state index in [2.05, 4.69) is 42.4 Å². The molecule has 1 heterocycles. The molecule has 0 atom stereocenters. The highest BCUT2D eigenvalue weighted by Gasteiger charge is 2.08. The minimum Gasteiger partial charge on any atom is -0.385 e. The normalized spacial score (nSPS) is 29.2. The molecule has 0 amide bonds. The summed E-state index contributed by atoms with van der Waals surface area (Å²) in [6.07, 6.45) is 12.2. The fourth-order valence-corrected chi connectivity index (χ4v) is 1.21. The zero-order valence-corrected chi connectivity index (χ0v) is 9.12. The monoisotopic (exact) mass is 190 g/mol. The lowest BCUT2D eigenvalue weighted by Gasteiger charge is -2.13. The summed E-state index contributed by atoms with van der Waals surface area (Å²) >= 11 is 0. The number of aliphatic imine (C=N–C) groups is 1. The topological polar surface area (TPSA) is 24.4 Å². The van der Waals surface area contributed by atoms with Crippen molar-refractivity contribution in [1.82, 2.24) is 5.32 Å². The van der Waals surface area contributed by atoms with Crippen LogP contribution >= 0.6 is 0 Å². The largest absolute Gasteiger partial charge is 0.385 e. The second-order valence-corrected chi connectivity index (χ2v) is 3.94. The SMILES string of the molecule is CC=N/C1=C/C=C\C(C)(C)/C=C\NC1. The Bertz CT molecular complexity index is 293. The van der Waals surface area contributed by atoms with Gasteiger partial charge in [-0.3, -0.25) is 4.99 Å². The second kappa shape index (κ2) is 4.80. The van der Waals surface area contributed by atoms with Gasteiger partial charge in [-0.1, -0.05) is 32.1 Å². The maximum atomic E-state index is 4.26. The number of allylic oxidation sites excluding steroid dienone is 4. The minimum absolute atomic E-state index is 0.106. The van der Waals surface area contributed by atoms with E-state index in [4.69, 9.17) is 0 Å². The molecular weight excluding hydrogens is 172 g/mol. The smallest absolute Gasteiger partial charge is 0.0590 e. The summed E-state index contributed by atoms with van der Waals surface area (Å²) in [5, 5.41) is 3.22. The van der Waals surface area contributed by atoms with E-state index in [9.17, 15) is 0 Å². The van der Waals surface area contributed by atoms with Gasteiger partial charge in [0.15, 0.2) is 0 Å². The van der Waals surface area contributed by atoms with Crippen LogP contribution in [-0.2, 0) is 0 Å². The van der Waals surface area contributed by atoms with Crippen LogP contribution in [0.1, 0.15) is 20.8 Å². The van der Waals surface area contributed by atoms with E-state index >= 15 is 0 Å². The molecule has 0 saturated carbocycles. The Morgan fingerprint density at radius 3 is 2.93 bits per heavy atom. The van der Waals surface area contributed by atoms with Gasteiger partial charge in [-0.15, -0.1) is 0 Å². The molecule has 0 radical (unpaired) electrons. The van der Waals surface area contributed by atoms with Crippen molar-refractivity contribution in [3.63, 3.8) is 0 Å². The summed E-state index contributed by atoms with van der Waals surface area (Å²) in [7, 11) is 0. The Balaban J connectivity index is 2.83. The lowest BCUT2D eigenvalue weighted by atomic mass is 9.93. The maximum absolute atomic E-state index is 4.26. The Morgan fingerprint density at radius 2 is 2.21 bits per heavy atom. The van der Waals surface area contributed by atoms with Gasteiger partial charge in [0, 0.05) is 11.6 Å². The first kappa shape index (κ1) is 10.8. The number of nitrogens with zero attached hydrogens (tertiary/aromatic N) is 1. The molecule has 0 aliphatic carbocycles. The molecule has 0 spiro atoms. The van der Waals surface area contributed by atoms with Crippen LogP contribution in [0.3, 0.4) is 0 Å². The van der Waals surface area contributed by atoms with Crippen LogP contribution < -0.4 is 5.32 Å². The molecule has 0 saturated heterocycles. The Labute approximate surface area is 86.1 Å². The van der Waals surface area contributed by atoms with E-state index in [1.54, 1.807) is 0 Å². The summed E-state index contributed by atoms with van der Waals surface area (Å²) in [5.74, 6) is 0. The standard InChI is InChI=1S/C12H18N2/c1-4-14-11-6-5-7-12(2,3)8-9-13-10-11/h4-9,13H,10H2,1-3H3/b7-5-,9-8-,11-6+,14-4?. The molecule has 1 aliphatic heterocycles. The van der Waals surface area contributed by atoms with E-state index in [1.165, 1.54) is 0 Å². The van der Waals surface area contributed by atoms with Crippen LogP contribution in [0.5, 0.6) is 0 Å².